The third-order valence-corrected chi connectivity index (χ3v) is 4.05. The molecule has 1 heterocycles. The number of likely N-dealkylation sites (tertiary alicyclic amines) is 1. The highest BCUT2D eigenvalue weighted by Gasteiger charge is 2.19. The number of rotatable bonds is 5. The third-order valence-electron chi connectivity index (χ3n) is 4.05. The summed E-state index contributed by atoms with van der Waals surface area (Å²) in [5.41, 5.74) is 1.33. The van der Waals surface area contributed by atoms with E-state index in [-0.39, 0.29) is 30.1 Å². The molecule has 0 aromatic heterocycles. The van der Waals surface area contributed by atoms with E-state index in [1.54, 1.807) is 0 Å². The maximum Gasteiger partial charge on any atom is 0.193 e. The Kier molecular flexibility index (Phi) is 9.50. The first-order valence-electron chi connectivity index (χ1n) is 8.05. The summed E-state index contributed by atoms with van der Waals surface area (Å²) in [5, 5.41) is 13.0. The van der Waals surface area contributed by atoms with Gasteiger partial charge in [0, 0.05) is 39.8 Å². The summed E-state index contributed by atoms with van der Waals surface area (Å²) >= 11 is 0. The number of aliphatic imine (C=N–C) groups is 1. The van der Waals surface area contributed by atoms with E-state index in [4.69, 9.17) is 0 Å². The van der Waals surface area contributed by atoms with Crippen molar-refractivity contribution < 1.29 is 5.11 Å². The summed E-state index contributed by atoms with van der Waals surface area (Å²) in [4.78, 5) is 8.88. The summed E-state index contributed by atoms with van der Waals surface area (Å²) < 4.78 is 0. The van der Waals surface area contributed by atoms with Gasteiger partial charge in [-0.1, -0.05) is 30.3 Å². The van der Waals surface area contributed by atoms with Crippen molar-refractivity contribution in [3.05, 3.63) is 35.9 Å². The van der Waals surface area contributed by atoms with Crippen LogP contribution in [0.3, 0.4) is 0 Å². The summed E-state index contributed by atoms with van der Waals surface area (Å²) in [5.74, 6) is 0.944. The lowest BCUT2D eigenvalue weighted by atomic mass is 10.1. The van der Waals surface area contributed by atoms with Gasteiger partial charge in [0.2, 0.25) is 0 Å². The van der Waals surface area contributed by atoms with Crippen LogP contribution in [0.5, 0.6) is 0 Å². The van der Waals surface area contributed by atoms with E-state index in [2.05, 4.69) is 51.4 Å². The highest BCUT2D eigenvalue weighted by Crippen LogP contribution is 2.09. The maximum atomic E-state index is 9.58. The fraction of sp³-hybridized carbons (Fsp3) is 0.588. The number of nitrogens with one attached hydrogen (secondary N) is 1. The Hall–Kier alpha value is -0.860. The molecular formula is C17H29IN4O. The fourth-order valence-electron chi connectivity index (χ4n) is 2.74. The van der Waals surface area contributed by atoms with Crippen LogP contribution < -0.4 is 5.32 Å². The van der Waals surface area contributed by atoms with E-state index in [0.29, 0.717) is 0 Å². The molecule has 6 heteroatoms. The largest absolute Gasteiger partial charge is 0.393 e. The standard InChI is InChI=1S/C17H28N4O.HI/c1-18-17(21-11-8-16(22)9-12-21)19-10-13-20(2)14-15-6-4-3-5-7-15;/h3-7,16,22H,8-14H2,1-2H3,(H,18,19);1H. The first-order valence-corrected chi connectivity index (χ1v) is 8.05. The SMILES string of the molecule is CN=C(NCCN(C)Cc1ccccc1)N1CCC(O)CC1.I. The van der Waals surface area contributed by atoms with Crippen molar-refractivity contribution in [2.24, 2.45) is 4.99 Å². The lowest BCUT2D eigenvalue weighted by Gasteiger charge is -2.32. The van der Waals surface area contributed by atoms with Crippen LogP contribution in [0.25, 0.3) is 0 Å². The zero-order valence-electron chi connectivity index (χ0n) is 14.1. The van der Waals surface area contributed by atoms with Crippen molar-refractivity contribution >= 4 is 29.9 Å². The van der Waals surface area contributed by atoms with Crippen LogP contribution in [-0.4, -0.2) is 67.2 Å². The molecule has 23 heavy (non-hydrogen) atoms. The summed E-state index contributed by atoms with van der Waals surface area (Å²) in [6, 6.07) is 10.5. The van der Waals surface area contributed by atoms with Gasteiger partial charge in [0.05, 0.1) is 6.10 Å². The van der Waals surface area contributed by atoms with E-state index in [0.717, 1.165) is 51.5 Å². The number of piperidine rings is 1. The van der Waals surface area contributed by atoms with Crippen molar-refractivity contribution in [3.63, 3.8) is 0 Å². The maximum absolute atomic E-state index is 9.58. The van der Waals surface area contributed by atoms with Gasteiger partial charge in [-0.15, -0.1) is 24.0 Å². The van der Waals surface area contributed by atoms with Gasteiger partial charge in [-0.3, -0.25) is 4.99 Å². The van der Waals surface area contributed by atoms with Crippen molar-refractivity contribution in [1.82, 2.24) is 15.1 Å². The Morgan fingerprint density at radius 3 is 2.57 bits per heavy atom. The smallest absolute Gasteiger partial charge is 0.193 e. The summed E-state index contributed by atoms with van der Waals surface area (Å²) in [6.45, 7) is 4.54. The number of nitrogens with zero attached hydrogens (tertiary/aromatic N) is 3. The van der Waals surface area contributed by atoms with Crippen LogP contribution in [0.1, 0.15) is 18.4 Å². The summed E-state index contributed by atoms with van der Waals surface area (Å²) in [6.07, 6.45) is 1.51. The minimum absolute atomic E-state index is 0. The van der Waals surface area contributed by atoms with Crippen LogP contribution in [0.4, 0.5) is 0 Å². The second-order valence-corrected chi connectivity index (χ2v) is 5.92. The molecule has 5 nitrogen and oxygen atoms in total. The first kappa shape index (κ1) is 20.2. The molecule has 1 aliphatic rings. The van der Waals surface area contributed by atoms with E-state index >= 15 is 0 Å². The third kappa shape index (κ3) is 7.05. The Balaban J connectivity index is 0.00000264. The molecule has 1 aliphatic heterocycles. The highest BCUT2D eigenvalue weighted by molar-refractivity contribution is 14.0. The molecule has 0 radical (unpaired) electrons. The number of guanidine groups is 1. The molecule has 0 spiro atoms. The average Bonchev–Trinajstić information content (AvgIpc) is 2.54. The number of aliphatic hydroxyl groups is 1. The second kappa shape index (κ2) is 10.8. The van der Waals surface area contributed by atoms with E-state index in [9.17, 15) is 5.11 Å². The van der Waals surface area contributed by atoms with Crippen LogP contribution in [-0.2, 0) is 6.54 Å². The van der Waals surface area contributed by atoms with E-state index in [1.807, 2.05) is 13.1 Å². The van der Waals surface area contributed by atoms with Crippen molar-refractivity contribution in [3.8, 4) is 0 Å². The van der Waals surface area contributed by atoms with Gasteiger partial charge in [-0.2, -0.15) is 0 Å². The Morgan fingerprint density at radius 2 is 1.96 bits per heavy atom. The quantitative estimate of drug-likeness (QED) is 0.423. The van der Waals surface area contributed by atoms with Gasteiger partial charge in [-0.05, 0) is 25.5 Å². The van der Waals surface area contributed by atoms with Crippen LogP contribution in [0.15, 0.2) is 35.3 Å². The molecule has 2 N–H and O–H groups in total. The predicted octanol–water partition coefficient (Wildman–Crippen LogP) is 1.77. The molecule has 0 amide bonds. The van der Waals surface area contributed by atoms with Crippen LogP contribution >= 0.6 is 24.0 Å². The molecule has 0 aliphatic carbocycles. The molecule has 1 aromatic rings. The minimum Gasteiger partial charge on any atom is -0.393 e. The molecule has 0 bridgehead atoms. The van der Waals surface area contributed by atoms with E-state index in [1.165, 1.54) is 5.56 Å². The molecule has 0 saturated carbocycles. The number of aliphatic hydroxyl groups excluding tert-OH is 1. The molecule has 130 valence electrons. The van der Waals surface area contributed by atoms with Gasteiger partial charge < -0.3 is 20.2 Å². The lowest BCUT2D eigenvalue weighted by Crippen LogP contribution is -2.47. The Morgan fingerprint density at radius 1 is 1.30 bits per heavy atom. The van der Waals surface area contributed by atoms with E-state index < -0.39 is 0 Å². The van der Waals surface area contributed by atoms with Crippen LogP contribution in [0, 0.1) is 0 Å². The zero-order chi connectivity index (χ0) is 15.8. The predicted molar refractivity (Wildman–Crippen MR) is 106 cm³/mol. The lowest BCUT2D eigenvalue weighted by molar-refractivity contribution is 0.108. The van der Waals surface area contributed by atoms with Gasteiger partial charge >= 0.3 is 0 Å². The Labute approximate surface area is 156 Å². The van der Waals surface area contributed by atoms with Crippen molar-refractivity contribution in [1.29, 1.82) is 0 Å². The number of likely N-dealkylation sites (N-methyl/N-ethyl adjacent to an activating group) is 1. The number of hydrogen-bond acceptors (Lipinski definition) is 3. The monoisotopic (exact) mass is 432 g/mol. The molecule has 0 atom stereocenters. The van der Waals surface area contributed by atoms with Crippen molar-refractivity contribution in [2.45, 2.75) is 25.5 Å². The van der Waals surface area contributed by atoms with Gasteiger partial charge in [0.25, 0.3) is 0 Å². The molecule has 0 unspecified atom stereocenters. The minimum atomic E-state index is -0.147. The van der Waals surface area contributed by atoms with Crippen molar-refractivity contribution in [2.75, 3.05) is 40.3 Å². The molecule has 1 saturated heterocycles. The fourth-order valence-corrected chi connectivity index (χ4v) is 2.74. The number of benzene rings is 1. The number of hydrogen-bond donors (Lipinski definition) is 2. The molecular weight excluding hydrogens is 403 g/mol. The normalized spacial score (nSPS) is 16.3. The molecule has 1 fully saturated rings. The molecule has 1 aromatic carbocycles. The molecule has 2 rings (SSSR count). The first-order chi connectivity index (χ1) is 10.7. The average molecular weight is 432 g/mol. The van der Waals surface area contributed by atoms with Gasteiger partial charge in [0.1, 0.15) is 0 Å². The van der Waals surface area contributed by atoms with Gasteiger partial charge in [0.15, 0.2) is 5.96 Å². The summed E-state index contributed by atoms with van der Waals surface area (Å²) in [7, 11) is 3.95. The van der Waals surface area contributed by atoms with Crippen LogP contribution in [0.2, 0.25) is 0 Å². The number of halogens is 1. The topological polar surface area (TPSA) is 51.1 Å². The van der Waals surface area contributed by atoms with Gasteiger partial charge in [-0.25, -0.2) is 0 Å². The second-order valence-electron chi connectivity index (χ2n) is 5.92. The zero-order valence-corrected chi connectivity index (χ0v) is 16.4. The highest BCUT2D eigenvalue weighted by atomic mass is 127. The Bertz CT molecular complexity index is 461.